The van der Waals surface area contributed by atoms with E-state index in [1.807, 2.05) is 0 Å². The first kappa shape index (κ1) is 21.7. The smallest absolute Gasteiger partial charge is 0.303 e. The van der Waals surface area contributed by atoms with Crippen LogP contribution in [0.3, 0.4) is 0 Å². The Kier molecular flexibility index (Phi) is 4.84. The molecule has 7 atom stereocenters. The van der Waals surface area contributed by atoms with E-state index >= 15 is 0 Å². The summed E-state index contributed by atoms with van der Waals surface area (Å²) in [5, 5.41) is 34.8. The minimum atomic E-state index is -1.87. The first-order chi connectivity index (χ1) is 13.9. The second kappa shape index (κ2) is 6.71. The molecule has 0 aromatic heterocycles. The van der Waals surface area contributed by atoms with Gasteiger partial charge in [0.1, 0.15) is 5.60 Å². The van der Waals surface area contributed by atoms with Crippen LogP contribution in [0.1, 0.15) is 65.7 Å². The van der Waals surface area contributed by atoms with Crippen molar-refractivity contribution in [3.8, 4) is 0 Å². The van der Waals surface area contributed by atoms with Gasteiger partial charge in [-0.2, -0.15) is 0 Å². The average Bonchev–Trinajstić information content (AvgIpc) is 2.88. The summed E-state index contributed by atoms with van der Waals surface area (Å²) in [7, 11) is 0. The SMILES string of the molecule is CC(=O)OCC(=O)[C@]1(O)CC[C@@]2(O)[C@@H]3CCC4=CC(=O)CC[C@]4(C)[C@H]3[C@H](O)C[C@]12C. The van der Waals surface area contributed by atoms with E-state index in [0.717, 1.165) is 5.57 Å². The monoisotopic (exact) mass is 420 g/mol. The van der Waals surface area contributed by atoms with Crippen molar-refractivity contribution in [1.29, 1.82) is 0 Å². The highest BCUT2D eigenvalue weighted by molar-refractivity contribution is 5.92. The van der Waals surface area contributed by atoms with Gasteiger partial charge in [-0.3, -0.25) is 14.4 Å². The number of hydrogen-bond donors (Lipinski definition) is 3. The maximum Gasteiger partial charge on any atom is 0.303 e. The van der Waals surface area contributed by atoms with E-state index in [1.54, 1.807) is 13.0 Å². The molecule has 0 saturated heterocycles. The minimum absolute atomic E-state index is 0.0634. The third-order valence-corrected chi connectivity index (χ3v) is 9.10. The van der Waals surface area contributed by atoms with Gasteiger partial charge in [0.15, 0.2) is 12.4 Å². The van der Waals surface area contributed by atoms with Gasteiger partial charge in [-0.1, -0.05) is 19.4 Å². The molecule has 7 heteroatoms. The molecule has 0 heterocycles. The standard InChI is InChI=1S/C23H32O7/c1-13(24)30-12-18(27)23(29)9-8-22(28)16-5-4-14-10-15(25)6-7-20(14,2)19(16)17(26)11-21(22,23)3/h10,16-17,19,26,28-29H,4-9,11-12H2,1-3H3/t16-,17-,19-,20+,21+,22-,23-/m1/s1. The van der Waals surface area contributed by atoms with Crippen LogP contribution < -0.4 is 0 Å². The molecule has 3 saturated carbocycles. The molecule has 0 spiro atoms. The molecule has 0 aliphatic heterocycles. The third-order valence-electron chi connectivity index (χ3n) is 9.10. The molecular weight excluding hydrogens is 388 g/mol. The highest BCUT2D eigenvalue weighted by Crippen LogP contribution is 2.69. The summed E-state index contributed by atoms with van der Waals surface area (Å²) in [6, 6.07) is 0. The number of allylic oxidation sites excluding steroid dienone is 1. The molecule has 4 rings (SSSR count). The van der Waals surface area contributed by atoms with Gasteiger partial charge in [-0.15, -0.1) is 0 Å². The number of rotatable bonds is 3. The fraction of sp³-hybridized carbons (Fsp3) is 0.783. The molecule has 0 amide bonds. The van der Waals surface area contributed by atoms with Gasteiger partial charge in [-0.05, 0) is 61.9 Å². The second-order valence-electron chi connectivity index (χ2n) is 10.3. The number of fused-ring (bicyclic) bond motifs is 5. The van der Waals surface area contributed by atoms with E-state index < -0.39 is 41.1 Å². The molecule has 3 N–H and O–H groups in total. The Hall–Kier alpha value is -1.57. The van der Waals surface area contributed by atoms with Crippen molar-refractivity contribution in [1.82, 2.24) is 0 Å². The van der Waals surface area contributed by atoms with Gasteiger partial charge in [0.25, 0.3) is 0 Å². The molecule has 166 valence electrons. The molecule has 0 radical (unpaired) electrons. The van der Waals surface area contributed by atoms with Crippen molar-refractivity contribution in [3.63, 3.8) is 0 Å². The van der Waals surface area contributed by atoms with Gasteiger partial charge in [-0.25, -0.2) is 0 Å². The number of aliphatic hydroxyl groups excluding tert-OH is 1. The number of carbonyl (C=O) groups is 3. The van der Waals surface area contributed by atoms with Crippen LogP contribution in [0.25, 0.3) is 0 Å². The zero-order valence-corrected chi connectivity index (χ0v) is 17.9. The van der Waals surface area contributed by atoms with Crippen LogP contribution in [0.5, 0.6) is 0 Å². The van der Waals surface area contributed by atoms with Crippen LogP contribution >= 0.6 is 0 Å². The lowest BCUT2D eigenvalue weighted by molar-refractivity contribution is -0.243. The Labute approximate surface area is 176 Å². The fourth-order valence-electron chi connectivity index (χ4n) is 7.38. The Bertz CT molecular complexity index is 833. The molecule has 4 aliphatic rings. The predicted octanol–water partition coefficient (Wildman–Crippen LogP) is 1.47. The Morgan fingerprint density at radius 2 is 1.87 bits per heavy atom. The lowest BCUT2D eigenvalue weighted by atomic mass is 9.44. The van der Waals surface area contributed by atoms with E-state index in [9.17, 15) is 29.7 Å². The van der Waals surface area contributed by atoms with Gasteiger partial charge in [0, 0.05) is 18.8 Å². The summed E-state index contributed by atoms with van der Waals surface area (Å²) in [6.45, 7) is 4.41. The van der Waals surface area contributed by atoms with Gasteiger partial charge < -0.3 is 20.1 Å². The summed E-state index contributed by atoms with van der Waals surface area (Å²) in [5.74, 6) is -1.67. The van der Waals surface area contributed by atoms with E-state index in [1.165, 1.54) is 6.92 Å². The summed E-state index contributed by atoms with van der Waals surface area (Å²) in [6.07, 6.45) is 3.59. The average molecular weight is 421 g/mol. The van der Waals surface area contributed by atoms with Gasteiger partial charge >= 0.3 is 5.97 Å². The van der Waals surface area contributed by atoms with Crippen LogP contribution in [0, 0.1) is 22.7 Å². The number of esters is 1. The first-order valence-electron chi connectivity index (χ1n) is 10.9. The molecule has 3 fully saturated rings. The second-order valence-corrected chi connectivity index (χ2v) is 10.3. The summed E-state index contributed by atoms with van der Waals surface area (Å²) >= 11 is 0. The van der Waals surface area contributed by atoms with Crippen molar-refractivity contribution in [2.45, 2.75) is 83.0 Å². The lowest BCUT2D eigenvalue weighted by Gasteiger charge is -2.63. The summed E-state index contributed by atoms with van der Waals surface area (Å²) < 4.78 is 4.84. The quantitative estimate of drug-likeness (QED) is 0.591. The number of ether oxygens (including phenoxy) is 1. The predicted molar refractivity (Wildman–Crippen MR) is 106 cm³/mol. The van der Waals surface area contributed by atoms with Crippen LogP contribution in [0.15, 0.2) is 11.6 Å². The maximum absolute atomic E-state index is 12.9. The highest BCUT2D eigenvalue weighted by atomic mass is 16.5. The molecular formula is C23H32O7. The van der Waals surface area contributed by atoms with E-state index in [2.05, 4.69) is 6.92 Å². The van der Waals surface area contributed by atoms with E-state index in [4.69, 9.17) is 4.74 Å². The zero-order valence-electron chi connectivity index (χ0n) is 17.9. The number of Topliss-reactive ketones (excluding diaryl/α,β-unsaturated/α-hetero) is 1. The van der Waals surface area contributed by atoms with Crippen LogP contribution in [-0.2, 0) is 19.1 Å². The fourth-order valence-corrected chi connectivity index (χ4v) is 7.38. The molecule has 4 aliphatic carbocycles. The van der Waals surface area contributed by atoms with E-state index in [0.29, 0.717) is 25.7 Å². The molecule has 0 aromatic rings. The van der Waals surface area contributed by atoms with Gasteiger partial charge in [0.05, 0.1) is 11.7 Å². The van der Waals surface area contributed by atoms with Crippen LogP contribution in [-0.4, -0.2) is 56.8 Å². The van der Waals surface area contributed by atoms with Crippen molar-refractivity contribution >= 4 is 17.5 Å². The molecule has 0 bridgehead atoms. The number of aliphatic hydroxyl groups is 3. The van der Waals surface area contributed by atoms with Crippen molar-refractivity contribution in [2.75, 3.05) is 6.61 Å². The highest BCUT2D eigenvalue weighted by Gasteiger charge is 2.74. The largest absolute Gasteiger partial charge is 0.458 e. The summed E-state index contributed by atoms with van der Waals surface area (Å²) in [4.78, 5) is 36.0. The summed E-state index contributed by atoms with van der Waals surface area (Å²) in [5.41, 5.74) is -3.78. The maximum atomic E-state index is 12.9. The Morgan fingerprint density at radius 3 is 2.53 bits per heavy atom. The molecule has 0 aromatic carbocycles. The zero-order chi connectivity index (χ0) is 22.1. The van der Waals surface area contributed by atoms with Crippen molar-refractivity contribution in [2.24, 2.45) is 22.7 Å². The topological polar surface area (TPSA) is 121 Å². The van der Waals surface area contributed by atoms with Gasteiger partial charge in [0.2, 0.25) is 5.78 Å². The number of carbonyl (C=O) groups excluding carboxylic acids is 3. The molecule has 30 heavy (non-hydrogen) atoms. The Balaban J connectivity index is 1.72. The third kappa shape index (κ3) is 2.64. The van der Waals surface area contributed by atoms with Crippen molar-refractivity contribution in [3.05, 3.63) is 11.6 Å². The lowest BCUT2D eigenvalue weighted by Crippen LogP contribution is -2.69. The van der Waals surface area contributed by atoms with E-state index in [-0.39, 0.29) is 42.3 Å². The number of ketones is 2. The van der Waals surface area contributed by atoms with Crippen LogP contribution in [0.4, 0.5) is 0 Å². The normalized spacial score (nSPS) is 47.6. The molecule has 0 unspecified atom stereocenters. The first-order valence-corrected chi connectivity index (χ1v) is 10.9. The van der Waals surface area contributed by atoms with Crippen molar-refractivity contribution < 1.29 is 34.4 Å². The molecule has 7 nitrogen and oxygen atoms in total. The van der Waals surface area contributed by atoms with Crippen LogP contribution in [0.2, 0.25) is 0 Å². The number of hydrogen-bond acceptors (Lipinski definition) is 7. The minimum Gasteiger partial charge on any atom is -0.458 e. The Morgan fingerprint density at radius 1 is 1.17 bits per heavy atom.